The molecule has 7 nitrogen and oxygen atoms in total. The fourth-order valence-corrected chi connectivity index (χ4v) is 4.83. The van der Waals surface area contributed by atoms with Crippen molar-refractivity contribution in [2.75, 3.05) is 25.5 Å². The summed E-state index contributed by atoms with van der Waals surface area (Å²) in [7, 11) is 1.48. The number of hydrogen-bond acceptors (Lipinski definition) is 7. The molecule has 2 aromatic heterocycles. The molecule has 3 heterocycles. The Morgan fingerprint density at radius 3 is 2.46 bits per heavy atom. The van der Waals surface area contributed by atoms with Crippen LogP contribution in [-0.4, -0.2) is 46.1 Å². The van der Waals surface area contributed by atoms with E-state index in [1.165, 1.54) is 25.6 Å². The van der Waals surface area contributed by atoms with Gasteiger partial charge in [-0.15, -0.1) is 0 Å². The second-order valence-corrected chi connectivity index (χ2v) is 9.53. The van der Waals surface area contributed by atoms with E-state index < -0.39 is 29.0 Å². The van der Waals surface area contributed by atoms with Gasteiger partial charge < -0.3 is 15.0 Å². The predicted molar refractivity (Wildman–Crippen MR) is 131 cm³/mol. The van der Waals surface area contributed by atoms with Gasteiger partial charge in [0.05, 0.1) is 35.6 Å². The van der Waals surface area contributed by atoms with Crippen molar-refractivity contribution in [2.24, 2.45) is 0 Å². The van der Waals surface area contributed by atoms with Gasteiger partial charge in [0.1, 0.15) is 18.0 Å². The number of pyridine rings is 1. The summed E-state index contributed by atoms with van der Waals surface area (Å²) in [5, 5.41) is 13.7. The first kappa shape index (κ1) is 26.5. The van der Waals surface area contributed by atoms with Gasteiger partial charge in [-0.1, -0.05) is 12.1 Å². The Hall–Kier alpha value is -3.52. The number of ether oxygens (including phenoxy) is 1. The molecule has 0 bridgehead atoms. The van der Waals surface area contributed by atoms with E-state index in [0.717, 1.165) is 13.1 Å². The third-order valence-electron chi connectivity index (χ3n) is 7.05. The van der Waals surface area contributed by atoms with Crippen LogP contribution in [0.1, 0.15) is 56.3 Å². The van der Waals surface area contributed by atoms with E-state index in [1.54, 1.807) is 13.0 Å². The quantitative estimate of drug-likeness (QED) is 0.425. The number of alkyl halides is 3. The monoisotopic (exact) mass is 516 g/mol. The largest absolute Gasteiger partial charge is 0.481 e. The van der Waals surface area contributed by atoms with Crippen molar-refractivity contribution in [1.82, 2.24) is 19.9 Å². The molecule has 1 fully saturated rings. The zero-order valence-corrected chi connectivity index (χ0v) is 21.0. The van der Waals surface area contributed by atoms with Crippen LogP contribution in [-0.2, 0) is 11.6 Å². The van der Waals surface area contributed by atoms with Crippen LogP contribution in [0.15, 0.2) is 30.6 Å². The smallest absolute Gasteiger partial charge is 0.419 e. The van der Waals surface area contributed by atoms with Crippen LogP contribution >= 0.6 is 0 Å². The maximum atomic E-state index is 14.8. The van der Waals surface area contributed by atoms with Gasteiger partial charge >= 0.3 is 6.18 Å². The molecule has 0 unspecified atom stereocenters. The number of aromatic nitrogens is 3. The first-order valence-electron chi connectivity index (χ1n) is 12.0. The number of hydrogen-bond donors (Lipinski definition) is 1. The van der Waals surface area contributed by atoms with E-state index >= 15 is 0 Å². The normalized spacial score (nSPS) is 17.0. The topological polar surface area (TPSA) is 87.0 Å². The van der Waals surface area contributed by atoms with Crippen molar-refractivity contribution in [2.45, 2.75) is 57.3 Å². The molecule has 1 saturated heterocycles. The molecule has 0 amide bonds. The Kier molecular flexibility index (Phi) is 7.24. The average molecular weight is 517 g/mol. The summed E-state index contributed by atoms with van der Waals surface area (Å²) in [6.07, 6.45) is -2.40. The van der Waals surface area contributed by atoms with E-state index in [0.29, 0.717) is 35.9 Å². The van der Waals surface area contributed by atoms with Crippen molar-refractivity contribution in [3.63, 3.8) is 0 Å². The number of piperidine rings is 1. The SMILES string of the molecule is COc1nc2ncnc(N[C@H](C)c3cccc(C(F)(F)F)c3F)c2cc1C1(C#N)CCN(C(C)C)CC1. The average Bonchev–Trinajstić information content (AvgIpc) is 2.87. The van der Waals surface area contributed by atoms with E-state index in [4.69, 9.17) is 4.74 Å². The molecule has 4 rings (SSSR count). The second-order valence-electron chi connectivity index (χ2n) is 9.53. The first-order valence-corrected chi connectivity index (χ1v) is 12.0. The number of fused-ring (bicyclic) bond motifs is 1. The number of likely N-dealkylation sites (tertiary alicyclic amines) is 1. The van der Waals surface area contributed by atoms with Gasteiger partial charge in [-0.05, 0) is 45.7 Å². The highest BCUT2D eigenvalue weighted by Gasteiger charge is 2.40. The fourth-order valence-electron chi connectivity index (χ4n) is 4.83. The summed E-state index contributed by atoms with van der Waals surface area (Å²) in [4.78, 5) is 15.3. The summed E-state index contributed by atoms with van der Waals surface area (Å²) in [6.45, 7) is 7.23. The molecular weight excluding hydrogens is 488 g/mol. The van der Waals surface area contributed by atoms with Crippen molar-refractivity contribution >= 4 is 16.9 Å². The van der Waals surface area contributed by atoms with Crippen LogP contribution < -0.4 is 10.1 Å². The lowest BCUT2D eigenvalue weighted by atomic mass is 9.74. The highest BCUT2D eigenvalue weighted by molar-refractivity contribution is 5.88. The van der Waals surface area contributed by atoms with Gasteiger partial charge in [-0.25, -0.2) is 14.4 Å². The molecule has 11 heteroatoms. The van der Waals surface area contributed by atoms with Gasteiger partial charge in [0.15, 0.2) is 5.65 Å². The number of nitrogens with zero attached hydrogens (tertiary/aromatic N) is 5. The number of nitriles is 1. The van der Waals surface area contributed by atoms with Crippen molar-refractivity contribution in [3.05, 3.63) is 53.1 Å². The number of nitrogens with one attached hydrogen (secondary N) is 1. The molecule has 3 aromatic rings. The molecular formula is C26H28F4N6O. The van der Waals surface area contributed by atoms with Crippen LogP contribution in [0.4, 0.5) is 23.4 Å². The fraction of sp³-hybridized carbons (Fsp3) is 0.462. The van der Waals surface area contributed by atoms with Crippen LogP contribution in [0, 0.1) is 17.1 Å². The molecule has 1 aliphatic rings. The van der Waals surface area contributed by atoms with Gasteiger partial charge in [-0.3, -0.25) is 0 Å². The lowest BCUT2D eigenvalue weighted by Crippen LogP contribution is -2.44. The van der Waals surface area contributed by atoms with Gasteiger partial charge in [0.2, 0.25) is 5.88 Å². The minimum absolute atomic E-state index is 0.155. The summed E-state index contributed by atoms with van der Waals surface area (Å²) in [5.41, 5.74) is -1.45. The van der Waals surface area contributed by atoms with E-state index in [9.17, 15) is 22.8 Å². The lowest BCUT2D eigenvalue weighted by Gasteiger charge is -2.39. The second kappa shape index (κ2) is 10.1. The Balaban J connectivity index is 1.75. The molecule has 1 aromatic carbocycles. The summed E-state index contributed by atoms with van der Waals surface area (Å²) in [5.74, 6) is -0.790. The highest BCUT2D eigenvalue weighted by Crippen LogP contribution is 2.42. The predicted octanol–water partition coefficient (Wildman–Crippen LogP) is 5.63. The van der Waals surface area contributed by atoms with Crippen LogP contribution in [0.3, 0.4) is 0 Å². The molecule has 1 N–H and O–H groups in total. The molecule has 0 saturated carbocycles. The molecule has 0 radical (unpaired) electrons. The van der Waals surface area contributed by atoms with E-state index in [-0.39, 0.29) is 22.9 Å². The number of anilines is 1. The molecule has 196 valence electrons. The first-order chi connectivity index (χ1) is 17.5. The van der Waals surface area contributed by atoms with Gasteiger partial charge in [0, 0.05) is 30.3 Å². The number of benzene rings is 1. The van der Waals surface area contributed by atoms with Gasteiger partial charge in [-0.2, -0.15) is 23.4 Å². The third-order valence-corrected chi connectivity index (χ3v) is 7.05. The minimum atomic E-state index is -4.81. The zero-order valence-electron chi connectivity index (χ0n) is 21.0. The van der Waals surface area contributed by atoms with Crippen molar-refractivity contribution in [1.29, 1.82) is 5.26 Å². The molecule has 1 aliphatic heterocycles. The van der Waals surface area contributed by atoms with Crippen LogP contribution in [0.25, 0.3) is 11.0 Å². The molecule has 0 aliphatic carbocycles. The molecule has 1 atom stereocenters. The Morgan fingerprint density at radius 1 is 1.16 bits per heavy atom. The summed E-state index contributed by atoms with van der Waals surface area (Å²) >= 11 is 0. The van der Waals surface area contributed by atoms with Crippen molar-refractivity contribution in [3.8, 4) is 11.9 Å². The van der Waals surface area contributed by atoms with Gasteiger partial charge in [0.25, 0.3) is 0 Å². The lowest BCUT2D eigenvalue weighted by molar-refractivity contribution is -0.140. The number of halogens is 4. The Morgan fingerprint density at radius 2 is 1.86 bits per heavy atom. The molecule has 37 heavy (non-hydrogen) atoms. The standard InChI is InChI=1S/C26H28F4N6O/c1-15(2)36-10-8-25(13-31,9-11-36)20-12-18-22(32-14-33-23(18)35-24(20)37-4)34-16(3)17-6-5-7-19(21(17)27)26(28,29)30/h5-7,12,14-16H,8-11H2,1-4H3,(H,32,33,34,35)/t16-/m1/s1. The van der Waals surface area contributed by atoms with Crippen molar-refractivity contribution < 1.29 is 22.3 Å². The van der Waals surface area contributed by atoms with E-state index in [2.05, 4.69) is 45.1 Å². The minimum Gasteiger partial charge on any atom is -0.481 e. The van der Waals surface area contributed by atoms with Crippen LogP contribution in [0.5, 0.6) is 5.88 Å². The molecule has 0 spiro atoms. The number of rotatable bonds is 6. The maximum Gasteiger partial charge on any atom is 0.419 e. The van der Waals surface area contributed by atoms with Crippen LogP contribution in [0.2, 0.25) is 0 Å². The van der Waals surface area contributed by atoms with E-state index in [1.807, 2.05) is 0 Å². The summed E-state index contributed by atoms with van der Waals surface area (Å²) < 4.78 is 60.0. The Bertz CT molecular complexity index is 1330. The third kappa shape index (κ3) is 5.03. The Labute approximate surface area is 212 Å². The highest BCUT2D eigenvalue weighted by atomic mass is 19.4. The maximum absolute atomic E-state index is 14.8. The summed E-state index contributed by atoms with van der Waals surface area (Å²) in [6, 6.07) is 6.91. The zero-order chi connectivity index (χ0) is 27.0. The number of methoxy groups -OCH3 is 1.